The fourth-order valence-corrected chi connectivity index (χ4v) is 2.47. The van der Waals surface area contributed by atoms with Crippen molar-refractivity contribution >= 4 is 11.9 Å². The number of rotatable bonds is 7. The van der Waals surface area contributed by atoms with E-state index in [0.29, 0.717) is 6.42 Å². The minimum absolute atomic E-state index is 0.102. The van der Waals surface area contributed by atoms with Crippen molar-refractivity contribution in [1.29, 1.82) is 0 Å². The van der Waals surface area contributed by atoms with Crippen LogP contribution in [-0.4, -0.2) is 24.5 Å². The number of carbonyl (C=O) groups excluding carboxylic acids is 2. The average Bonchev–Trinajstić information content (AvgIpc) is 2.60. The van der Waals surface area contributed by atoms with Crippen molar-refractivity contribution in [2.24, 2.45) is 0 Å². The quantitative estimate of drug-likeness (QED) is 0.796. The van der Waals surface area contributed by atoms with Crippen LogP contribution in [0, 0.1) is 0 Å². The van der Waals surface area contributed by atoms with Crippen molar-refractivity contribution in [3.63, 3.8) is 0 Å². The van der Waals surface area contributed by atoms with Gasteiger partial charge in [-0.2, -0.15) is 0 Å². The molecule has 0 bridgehead atoms. The molecule has 0 fully saturated rings. The van der Waals surface area contributed by atoms with Crippen LogP contribution >= 0.6 is 0 Å². The molecule has 1 N–H and O–H groups in total. The molecule has 0 saturated carbocycles. The first-order valence-corrected chi connectivity index (χ1v) is 8.09. The van der Waals surface area contributed by atoms with Gasteiger partial charge in [-0.05, 0) is 11.1 Å². The first-order valence-electron chi connectivity index (χ1n) is 8.09. The summed E-state index contributed by atoms with van der Waals surface area (Å²) in [5, 5.41) is 2.68. The van der Waals surface area contributed by atoms with Crippen molar-refractivity contribution in [2.75, 3.05) is 6.61 Å². The maximum atomic E-state index is 12.4. The van der Waals surface area contributed by atoms with E-state index in [1.54, 1.807) is 0 Å². The van der Waals surface area contributed by atoms with Crippen LogP contribution in [0.4, 0.5) is 0 Å². The zero-order valence-corrected chi connectivity index (χ0v) is 14.1. The highest BCUT2D eigenvalue weighted by molar-refractivity contribution is 5.83. The van der Waals surface area contributed by atoms with Gasteiger partial charge in [0.2, 0.25) is 5.91 Å². The van der Waals surface area contributed by atoms with Gasteiger partial charge in [0.1, 0.15) is 6.04 Å². The molecule has 0 spiro atoms. The molecule has 0 aliphatic heterocycles. The van der Waals surface area contributed by atoms with Gasteiger partial charge in [-0.3, -0.25) is 4.79 Å². The number of nitrogens with one attached hydrogen (secondary N) is 1. The Morgan fingerprint density at radius 2 is 1.58 bits per heavy atom. The number of benzene rings is 2. The fraction of sp³-hybridized carbons (Fsp3) is 0.300. The smallest absolute Gasteiger partial charge is 0.329 e. The minimum atomic E-state index is -0.673. The largest absolute Gasteiger partial charge is 0.464 e. The summed E-state index contributed by atoms with van der Waals surface area (Å²) >= 11 is 0. The Hall–Kier alpha value is -2.62. The zero-order chi connectivity index (χ0) is 17.4. The van der Waals surface area contributed by atoms with Crippen LogP contribution in [-0.2, 0) is 20.7 Å². The average molecular weight is 325 g/mol. The second-order valence-electron chi connectivity index (χ2n) is 5.88. The fourth-order valence-electron chi connectivity index (χ4n) is 2.47. The van der Waals surface area contributed by atoms with Crippen LogP contribution in [0.2, 0.25) is 0 Å². The minimum Gasteiger partial charge on any atom is -0.464 e. The first-order chi connectivity index (χ1) is 11.6. The summed E-state index contributed by atoms with van der Waals surface area (Å²) in [7, 11) is 0. The van der Waals surface area contributed by atoms with Gasteiger partial charge in [0, 0.05) is 19.3 Å². The molecule has 2 rings (SSSR count). The van der Waals surface area contributed by atoms with E-state index < -0.39 is 12.0 Å². The molecule has 4 nitrogen and oxygen atoms in total. The van der Waals surface area contributed by atoms with Crippen LogP contribution in [0.1, 0.15) is 30.9 Å². The molecule has 1 amide bonds. The lowest BCUT2D eigenvalue weighted by Gasteiger charge is -2.19. The number of carbonyl (C=O) groups is 2. The van der Waals surface area contributed by atoms with E-state index in [1.807, 2.05) is 67.6 Å². The van der Waals surface area contributed by atoms with Crippen LogP contribution < -0.4 is 5.32 Å². The lowest BCUT2D eigenvalue weighted by Crippen LogP contribution is -2.42. The SMILES string of the molecule is CC(=O)N[C@@H](Cc1ccccc1)C(=O)OC[C@H](C)c1ccccc1. The third kappa shape index (κ3) is 5.54. The summed E-state index contributed by atoms with van der Waals surface area (Å²) in [5.41, 5.74) is 2.09. The van der Waals surface area contributed by atoms with Gasteiger partial charge in [0.05, 0.1) is 6.61 Å². The monoisotopic (exact) mass is 325 g/mol. The third-order valence-corrected chi connectivity index (χ3v) is 3.79. The molecule has 0 heterocycles. The Kier molecular flexibility index (Phi) is 6.55. The first kappa shape index (κ1) is 17.7. The number of esters is 1. The normalized spacial score (nSPS) is 12.9. The van der Waals surface area contributed by atoms with Gasteiger partial charge in [0.25, 0.3) is 0 Å². The zero-order valence-electron chi connectivity index (χ0n) is 14.1. The maximum absolute atomic E-state index is 12.4. The molecule has 0 unspecified atom stereocenters. The Labute approximate surface area is 142 Å². The van der Waals surface area contributed by atoms with Crippen LogP contribution in [0.3, 0.4) is 0 Å². The predicted octanol–water partition coefficient (Wildman–Crippen LogP) is 3.08. The van der Waals surface area contributed by atoms with Crippen molar-refractivity contribution in [2.45, 2.75) is 32.2 Å². The lowest BCUT2D eigenvalue weighted by molar-refractivity contribution is -0.148. The molecule has 2 aromatic rings. The summed E-state index contributed by atoms with van der Waals surface area (Å²) in [4.78, 5) is 23.8. The highest BCUT2D eigenvalue weighted by atomic mass is 16.5. The van der Waals surface area contributed by atoms with Gasteiger partial charge in [-0.1, -0.05) is 67.6 Å². The predicted molar refractivity (Wildman–Crippen MR) is 93.6 cm³/mol. The number of hydrogen-bond donors (Lipinski definition) is 1. The molecule has 0 aromatic heterocycles. The Morgan fingerprint density at radius 1 is 1.00 bits per heavy atom. The number of ether oxygens (including phenoxy) is 1. The van der Waals surface area contributed by atoms with Crippen LogP contribution in [0.5, 0.6) is 0 Å². The summed E-state index contributed by atoms with van der Waals surface area (Å²) in [6, 6.07) is 18.8. The van der Waals surface area contributed by atoms with Crippen molar-refractivity contribution in [3.05, 3.63) is 71.8 Å². The lowest BCUT2D eigenvalue weighted by atomic mass is 10.0. The Morgan fingerprint density at radius 3 is 2.17 bits per heavy atom. The van der Waals surface area contributed by atoms with E-state index in [1.165, 1.54) is 6.92 Å². The van der Waals surface area contributed by atoms with Gasteiger partial charge in [-0.15, -0.1) is 0 Å². The summed E-state index contributed by atoms with van der Waals surface area (Å²) in [5.74, 6) is -0.550. The molecule has 126 valence electrons. The van der Waals surface area contributed by atoms with E-state index in [2.05, 4.69) is 5.32 Å². The van der Waals surface area contributed by atoms with Crippen molar-refractivity contribution in [1.82, 2.24) is 5.32 Å². The molecular formula is C20H23NO3. The Bertz CT molecular complexity index is 655. The number of hydrogen-bond acceptors (Lipinski definition) is 3. The van der Waals surface area contributed by atoms with E-state index >= 15 is 0 Å². The highest BCUT2D eigenvalue weighted by Gasteiger charge is 2.22. The summed E-state index contributed by atoms with van der Waals surface area (Å²) in [6.45, 7) is 3.69. The third-order valence-electron chi connectivity index (χ3n) is 3.79. The molecule has 0 radical (unpaired) electrons. The topological polar surface area (TPSA) is 55.4 Å². The molecule has 24 heavy (non-hydrogen) atoms. The molecule has 4 heteroatoms. The number of amides is 1. The Balaban J connectivity index is 1.96. The van der Waals surface area contributed by atoms with Crippen LogP contribution in [0.25, 0.3) is 0 Å². The van der Waals surface area contributed by atoms with Gasteiger partial charge in [-0.25, -0.2) is 4.79 Å². The second-order valence-corrected chi connectivity index (χ2v) is 5.88. The van der Waals surface area contributed by atoms with Gasteiger partial charge < -0.3 is 10.1 Å². The van der Waals surface area contributed by atoms with Crippen molar-refractivity contribution < 1.29 is 14.3 Å². The maximum Gasteiger partial charge on any atom is 0.329 e. The molecule has 0 aliphatic rings. The van der Waals surface area contributed by atoms with Gasteiger partial charge in [0.15, 0.2) is 0 Å². The molecular weight excluding hydrogens is 302 g/mol. The molecule has 0 saturated heterocycles. The summed E-state index contributed by atoms with van der Waals surface area (Å²) in [6.07, 6.45) is 0.416. The molecule has 2 aromatic carbocycles. The van der Waals surface area contributed by atoms with E-state index in [0.717, 1.165) is 11.1 Å². The standard InChI is InChI=1S/C20H23NO3/c1-15(18-11-7-4-8-12-18)14-24-20(23)19(21-16(2)22)13-17-9-5-3-6-10-17/h3-12,15,19H,13-14H2,1-2H3,(H,21,22)/t15-,19-/m0/s1. The van der Waals surface area contributed by atoms with E-state index in [9.17, 15) is 9.59 Å². The molecule has 0 aliphatic carbocycles. The van der Waals surface area contributed by atoms with Crippen LogP contribution in [0.15, 0.2) is 60.7 Å². The van der Waals surface area contributed by atoms with E-state index in [-0.39, 0.29) is 18.4 Å². The second kappa shape index (κ2) is 8.87. The van der Waals surface area contributed by atoms with E-state index in [4.69, 9.17) is 4.74 Å². The van der Waals surface area contributed by atoms with Gasteiger partial charge >= 0.3 is 5.97 Å². The van der Waals surface area contributed by atoms with Crippen molar-refractivity contribution in [3.8, 4) is 0 Å². The summed E-state index contributed by atoms with van der Waals surface area (Å²) < 4.78 is 5.44. The highest BCUT2D eigenvalue weighted by Crippen LogP contribution is 2.15. The molecule has 2 atom stereocenters.